The Hall–Kier alpha value is -2.78. The average molecular weight is 529 g/mol. The van der Waals surface area contributed by atoms with Gasteiger partial charge in [0.1, 0.15) is 17.2 Å². The van der Waals surface area contributed by atoms with Crippen molar-refractivity contribution in [3.05, 3.63) is 46.5 Å². The lowest BCUT2D eigenvalue weighted by Gasteiger charge is -2.43. The lowest BCUT2D eigenvalue weighted by molar-refractivity contribution is -0.137. The molecule has 198 valence electrons. The Kier molecular flexibility index (Phi) is 7.36. The molecular formula is C27H34ClFN6O2. The maximum atomic E-state index is 14.7. The van der Waals surface area contributed by atoms with Gasteiger partial charge in [-0.3, -0.25) is 9.69 Å². The number of carboxylic acid groups (broad SMARTS) is 1. The van der Waals surface area contributed by atoms with Crippen LogP contribution in [-0.4, -0.2) is 67.4 Å². The second kappa shape index (κ2) is 10.5. The third-order valence-corrected chi connectivity index (χ3v) is 8.30. The Balaban J connectivity index is 1.36. The first-order chi connectivity index (χ1) is 17.7. The van der Waals surface area contributed by atoms with E-state index < -0.39 is 5.97 Å². The molecule has 0 spiro atoms. The number of hydrogen-bond acceptors (Lipinski definition) is 6. The summed E-state index contributed by atoms with van der Waals surface area (Å²) in [5.41, 5.74) is 2.61. The predicted molar refractivity (Wildman–Crippen MR) is 142 cm³/mol. The number of aryl methyl sites for hydroxylation is 1. The fourth-order valence-corrected chi connectivity index (χ4v) is 6.32. The first kappa shape index (κ1) is 25.9. The molecule has 1 N–H and O–H groups in total. The van der Waals surface area contributed by atoms with Crippen LogP contribution in [0, 0.1) is 18.7 Å². The largest absolute Gasteiger partial charge is 0.481 e. The van der Waals surface area contributed by atoms with Crippen molar-refractivity contribution in [3.63, 3.8) is 0 Å². The highest BCUT2D eigenvalue weighted by Crippen LogP contribution is 2.33. The normalized spacial score (nSPS) is 23.6. The zero-order chi connectivity index (χ0) is 26.3. The van der Waals surface area contributed by atoms with Gasteiger partial charge in [0.15, 0.2) is 5.65 Å². The van der Waals surface area contributed by atoms with Crippen LogP contribution in [0.3, 0.4) is 0 Å². The van der Waals surface area contributed by atoms with E-state index in [2.05, 4.69) is 21.8 Å². The molecule has 2 saturated heterocycles. The summed E-state index contributed by atoms with van der Waals surface area (Å²) < 4.78 is 16.4. The topological polar surface area (TPSA) is 87.4 Å². The van der Waals surface area contributed by atoms with Crippen LogP contribution in [0.25, 0.3) is 11.2 Å². The van der Waals surface area contributed by atoms with Gasteiger partial charge in [-0.1, -0.05) is 24.6 Å². The van der Waals surface area contributed by atoms with E-state index in [-0.39, 0.29) is 18.3 Å². The molecule has 2 fully saturated rings. The first-order valence-corrected chi connectivity index (χ1v) is 13.5. The Morgan fingerprint density at radius 1 is 1.30 bits per heavy atom. The summed E-state index contributed by atoms with van der Waals surface area (Å²) >= 11 is 5.96. The molecule has 4 heterocycles. The second-order valence-corrected chi connectivity index (χ2v) is 11.0. The highest BCUT2D eigenvalue weighted by Gasteiger charge is 2.37. The van der Waals surface area contributed by atoms with Crippen LogP contribution in [0.4, 0.5) is 10.2 Å². The van der Waals surface area contributed by atoms with Crippen LogP contribution in [0.5, 0.6) is 0 Å². The molecule has 2 aliphatic rings. The summed E-state index contributed by atoms with van der Waals surface area (Å²) in [6, 6.07) is 5.12. The van der Waals surface area contributed by atoms with Crippen molar-refractivity contribution in [1.29, 1.82) is 0 Å². The van der Waals surface area contributed by atoms with Crippen molar-refractivity contribution in [3.8, 4) is 0 Å². The van der Waals surface area contributed by atoms with E-state index in [0.29, 0.717) is 39.8 Å². The third kappa shape index (κ3) is 5.16. The summed E-state index contributed by atoms with van der Waals surface area (Å²) in [5, 5.41) is 14.2. The standard InChI is InChI=1S/C27H34ClFN6O2/c1-16-15-33(12-10-23(16)34-11-4-5-20(34)7-9-25(36)37)24-14-30-26-17(2)32-35(27(26)31-24)18(3)21-8-6-19(28)13-22(21)29/h6,8,13-14,16,18,20,23H,4-5,7,9-12,15H2,1-3H3,(H,36,37)/t16-,18-,20?,23+/m1/s1. The second-order valence-electron chi connectivity index (χ2n) is 10.5. The molecular weight excluding hydrogens is 495 g/mol. The number of aromatic nitrogens is 4. The van der Waals surface area contributed by atoms with E-state index in [1.165, 1.54) is 6.07 Å². The molecule has 4 atom stereocenters. The van der Waals surface area contributed by atoms with Gasteiger partial charge < -0.3 is 10.0 Å². The third-order valence-electron chi connectivity index (χ3n) is 8.06. The number of hydrogen-bond donors (Lipinski definition) is 1. The molecule has 2 aromatic heterocycles. The monoisotopic (exact) mass is 528 g/mol. The Morgan fingerprint density at radius 2 is 2.11 bits per heavy atom. The van der Waals surface area contributed by atoms with Crippen molar-refractivity contribution in [2.45, 2.75) is 71.0 Å². The molecule has 3 aromatic rings. The van der Waals surface area contributed by atoms with Gasteiger partial charge in [-0.05, 0) is 64.1 Å². The molecule has 8 nitrogen and oxygen atoms in total. The summed E-state index contributed by atoms with van der Waals surface area (Å²) in [7, 11) is 0. The quantitative estimate of drug-likeness (QED) is 0.457. The Labute approximate surface area is 221 Å². The number of likely N-dealkylation sites (tertiary alicyclic amines) is 1. The number of piperidine rings is 1. The van der Waals surface area contributed by atoms with Gasteiger partial charge in [0.2, 0.25) is 0 Å². The molecule has 2 aliphatic heterocycles. The van der Waals surface area contributed by atoms with Crippen LogP contribution < -0.4 is 4.90 Å². The Morgan fingerprint density at radius 3 is 2.84 bits per heavy atom. The highest BCUT2D eigenvalue weighted by molar-refractivity contribution is 6.30. The van der Waals surface area contributed by atoms with Crippen molar-refractivity contribution in [2.24, 2.45) is 5.92 Å². The van der Waals surface area contributed by atoms with E-state index in [0.717, 1.165) is 56.8 Å². The molecule has 1 unspecified atom stereocenters. The summed E-state index contributed by atoms with van der Waals surface area (Å²) in [6.07, 6.45) is 5.98. The number of carboxylic acids is 1. The molecule has 1 aromatic carbocycles. The van der Waals surface area contributed by atoms with Crippen molar-refractivity contribution in [2.75, 3.05) is 24.5 Å². The number of fused-ring (bicyclic) bond motifs is 1. The van der Waals surface area contributed by atoms with Crippen LogP contribution in [0.1, 0.15) is 63.3 Å². The first-order valence-electron chi connectivity index (χ1n) is 13.1. The number of aliphatic carboxylic acids is 1. The predicted octanol–water partition coefficient (Wildman–Crippen LogP) is 5.08. The van der Waals surface area contributed by atoms with Crippen LogP contribution in [0.15, 0.2) is 24.4 Å². The van der Waals surface area contributed by atoms with Gasteiger partial charge in [-0.25, -0.2) is 19.0 Å². The minimum atomic E-state index is -0.716. The van der Waals surface area contributed by atoms with Crippen molar-refractivity contribution >= 4 is 34.6 Å². The smallest absolute Gasteiger partial charge is 0.303 e. The number of carbonyl (C=O) groups is 1. The lowest BCUT2D eigenvalue weighted by atomic mass is 9.91. The summed E-state index contributed by atoms with van der Waals surface area (Å²) in [5.74, 6) is 0.119. The van der Waals surface area contributed by atoms with Crippen LogP contribution >= 0.6 is 11.6 Å². The van der Waals surface area contributed by atoms with Crippen LogP contribution in [0.2, 0.25) is 5.02 Å². The minimum Gasteiger partial charge on any atom is -0.481 e. The highest BCUT2D eigenvalue weighted by atomic mass is 35.5. The molecule has 37 heavy (non-hydrogen) atoms. The van der Waals surface area contributed by atoms with Gasteiger partial charge in [-0.2, -0.15) is 5.10 Å². The summed E-state index contributed by atoms with van der Waals surface area (Å²) in [6.45, 7) is 8.81. The number of benzene rings is 1. The van der Waals surface area contributed by atoms with Gasteiger partial charge in [0, 0.05) is 42.2 Å². The van der Waals surface area contributed by atoms with E-state index in [4.69, 9.17) is 26.7 Å². The molecule has 0 aliphatic carbocycles. The molecule has 0 radical (unpaired) electrons. The van der Waals surface area contributed by atoms with Gasteiger partial charge in [0.25, 0.3) is 0 Å². The van der Waals surface area contributed by atoms with Gasteiger partial charge >= 0.3 is 5.97 Å². The molecule has 0 saturated carbocycles. The molecule has 5 rings (SSSR count). The number of rotatable bonds is 7. The zero-order valence-electron chi connectivity index (χ0n) is 21.6. The van der Waals surface area contributed by atoms with E-state index in [9.17, 15) is 9.18 Å². The fourth-order valence-electron chi connectivity index (χ4n) is 6.16. The van der Waals surface area contributed by atoms with E-state index in [1.54, 1.807) is 16.8 Å². The van der Waals surface area contributed by atoms with Gasteiger partial charge in [-0.15, -0.1) is 0 Å². The molecule has 0 bridgehead atoms. The number of nitrogens with zero attached hydrogens (tertiary/aromatic N) is 6. The SMILES string of the molecule is Cc1nn([C@H](C)c2ccc(Cl)cc2F)c2nc(N3CC[C@H](N4CCCC4CCC(=O)O)[C@H](C)C3)cnc12. The van der Waals surface area contributed by atoms with Gasteiger partial charge in [0.05, 0.1) is 17.9 Å². The molecule has 10 heteroatoms. The van der Waals surface area contributed by atoms with E-state index in [1.807, 2.05) is 20.0 Å². The Bertz CT molecular complexity index is 1300. The van der Waals surface area contributed by atoms with Crippen molar-refractivity contribution < 1.29 is 14.3 Å². The number of halogens is 2. The zero-order valence-corrected chi connectivity index (χ0v) is 22.3. The maximum Gasteiger partial charge on any atom is 0.303 e. The van der Waals surface area contributed by atoms with Crippen molar-refractivity contribution in [1.82, 2.24) is 24.6 Å². The average Bonchev–Trinajstić information content (AvgIpc) is 3.46. The number of anilines is 1. The summed E-state index contributed by atoms with van der Waals surface area (Å²) in [4.78, 5) is 25.6. The van der Waals surface area contributed by atoms with E-state index >= 15 is 0 Å². The minimum absolute atomic E-state index is 0.232. The lowest BCUT2D eigenvalue weighted by Crippen LogP contribution is -2.52. The fraction of sp³-hybridized carbons (Fsp3) is 0.556. The van der Waals surface area contributed by atoms with Crippen LogP contribution in [-0.2, 0) is 4.79 Å². The molecule has 0 amide bonds. The maximum absolute atomic E-state index is 14.7.